The number of aliphatic carboxylic acids is 1. The molecule has 8 nitrogen and oxygen atoms in total. The first kappa shape index (κ1) is 22.3. The fraction of sp³-hybridized carbons (Fsp3) is 0.680. The van der Waals surface area contributed by atoms with Gasteiger partial charge in [-0.1, -0.05) is 18.6 Å². The van der Waals surface area contributed by atoms with Gasteiger partial charge in [-0.05, 0) is 64.5 Å². The number of carbonyl (C=O) groups is 4. The molecule has 0 amide bonds. The lowest BCUT2D eigenvalue weighted by Crippen LogP contribution is -2.72. The highest BCUT2D eigenvalue weighted by Crippen LogP contribution is 2.74. The van der Waals surface area contributed by atoms with E-state index in [1.807, 2.05) is 33.8 Å². The first-order valence-corrected chi connectivity index (χ1v) is 11.4. The third-order valence-electron chi connectivity index (χ3n) is 9.43. The van der Waals surface area contributed by atoms with E-state index in [1.54, 1.807) is 13.8 Å². The molecule has 0 aromatic heterocycles. The summed E-state index contributed by atoms with van der Waals surface area (Å²) in [5.74, 6) is -3.07. The lowest BCUT2D eigenvalue weighted by molar-refractivity contribution is -0.225. The van der Waals surface area contributed by atoms with E-state index in [4.69, 9.17) is 14.2 Å². The second-order valence-corrected chi connectivity index (χ2v) is 11.2. The number of ketones is 1. The van der Waals surface area contributed by atoms with Crippen molar-refractivity contribution in [2.24, 2.45) is 22.2 Å². The molecular formula is C25H30O8. The van der Waals surface area contributed by atoms with E-state index in [9.17, 15) is 24.3 Å². The number of hydrogen-bond acceptors (Lipinski definition) is 7. The average molecular weight is 459 g/mol. The van der Waals surface area contributed by atoms with Crippen LogP contribution in [0.1, 0.15) is 60.8 Å². The Kier molecular flexibility index (Phi) is 4.15. The molecule has 5 aliphatic rings. The molecule has 2 aliphatic carbocycles. The van der Waals surface area contributed by atoms with Gasteiger partial charge in [-0.3, -0.25) is 19.2 Å². The van der Waals surface area contributed by atoms with Crippen molar-refractivity contribution in [2.75, 3.05) is 6.61 Å². The maximum Gasteiger partial charge on any atom is 0.323 e. The van der Waals surface area contributed by atoms with Crippen LogP contribution in [0.15, 0.2) is 22.8 Å². The summed E-state index contributed by atoms with van der Waals surface area (Å²) < 4.78 is 17.3. The van der Waals surface area contributed by atoms with E-state index in [0.717, 1.165) is 16.7 Å². The minimum atomic E-state index is -1.77. The molecule has 1 N–H and O–H groups in total. The SMILES string of the molecule is CC1=C2CC(=O)OC(C)(C)C2=CC[C@@]2(C)[C@H]1C[C@@](C)(C(=O)O)[C@]13COC(=O)[C@@]12C(=O)[C@H](C)O3. The summed E-state index contributed by atoms with van der Waals surface area (Å²) in [4.78, 5) is 52.8. The number of fused-ring (bicyclic) bond motifs is 2. The van der Waals surface area contributed by atoms with Crippen LogP contribution in [0, 0.1) is 22.2 Å². The van der Waals surface area contributed by atoms with Gasteiger partial charge in [0.25, 0.3) is 0 Å². The van der Waals surface area contributed by atoms with E-state index < -0.39 is 57.2 Å². The van der Waals surface area contributed by atoms with Crippen LogP contribution in [0.4, 0.5) is 0 Å². The standard InChI is InChI=1S/C25H30O8/c1-12-14-9-17(26)33-21(3,4)15(14)7-8-22(5)16(12)10-23(6,19(28)29)24-11-31-20(30)25(22,24)18(27)13(2)32-24/h7,13,16H,8-11H2,1-6H3,(H,28,29)/t13-,16-,22-,23-,24+,25+/m0/s1. The first-order valence-electron chi connectivity index (χ1n) is 11.4. The number of carboxylic acid groups (broad SMARTS) is 1. The lowest BCUT2D eigenvalue weighted by atomic mass is 9.39. The van der Waals surface area contributed by atoms with E-state index in [1.165, 1.54) is 0 Å². The minimum Gasteiger partial charge on any atom is -0.481 e. The zero-order chi connectivity index (χ0) is 24.4. The molecule has 0 radical (unpaired) electrons. The van der Waals surface area contributed by atoms with Gasteiger partial charge in [0, 0.05) is 5.41 Å². The Bertz CT molecular complexity index is 1100. The zero-order valence-corrected chi connectivity index (χ0v) is 19.9. The lowest BCUT2D eigenvalue weighted by Gasteiger charge is -2.60. The maximum atomic E-state index is 13.9. The molecule has 33 heavy (non-hydrogen) atoms. The van der Waals surface area contributed by atoms with Crippen molar-refractivity contribution in [1.82, 2.24) is 0 Å². The van der Waals surface area contributed by atoms with Crippen LogP contribution in [0.2, 0.25) is 0 Å². The van der Waals surface area contributed by atoms with Gasteiger partial charge < -0.3 is 19.3 Å². The Labute approximate surface area is 192 Å². The summed E-state index contributed by atoms with van der Waals surface area (Å²) >= 11 is 0. The molecule has 1 saturated carbocycles. The summed E-state index contributed by atoms with van der Waals surface area (Å²) in [6, 6.07) is 0. The zero-order valence-electron chi connectivity index (χ0n) is 19.9. The van der Waals surface area contributed by atoms with E-state index >= 15 is 0 Å². The van der Waals surface area contributed by atoms with Crippen LogP contribution in [0.25, 0.3) is 0 Å². The normalized spacial score (nSPS) is 45.8. The van der Waals surface area contributed by atoms with Crippen molar-refractivity contribution in [2.45, 2.75) is 78.1 Å². The molecular weight excluding hydrogens is 428 g/mol. The Morgan fingerprint density at radius 3 is 2.45 bits per heavy atom. The number of rotatable bonds is 1. The molecule has 4 fully saturated rings. The smallest absolute Gasteiger partial charge is 0.323 e. The summed E-state index contributed by atoms with van der Waals surface area (Å²) in [7, 11) is 0. The van der Waals surface area contributed by atoms with E-state index in [2.05, 4.69) is 0 Å². The average Bonchev–Trinajstić information content (AvgIpc) is 3.11. The Balaban J connectivity index is 1.86. The summed E-state index contributed by atoms with van der Waals surface area (Å²) in [6.45, 7) is 10.3. The molecule has 3 aliphatic heterocycles. The van der Waals surface area contributed by atoms with E-state index in [-0.39, 0.29) is 25.4 Å². The molecule has 5 rings (SSSR count). The third kappa shape index (κ3) is 2.17. The highest BCUT2D eigenvalue weighted by Gasteiger charge is 2.88. The fourth-order valence-electron chi connectivity index (χ4n) is 7.78. The molecule has 8 heteroatoms. The van der Waals surface area contributed by atoms with Crippen LogP contribution in [0.3, 0.4) is 0 Å². The molecule has 0 aromatic rings. The number of hydrogen-bond donors (Lipinski definition) is 1. The second-order valence-electron chi connectivity index (χ2n) is 11.2. The maximum absolute atomic E-state index is 13.9. The number of cyclic esters (lactones) is 2. The number of allylic oxidation sites excluding steroid dienone is 2. The van der Waals surface area contributed by atoms with Crippen LogP contribution < -0.4 is 0 Å². The van der Waals surface area contributed by atoms with Gasteiger partial charge in [-0.15, -0.1) is 0 Å². The predicted octanol–water partition coefficient (Wildman–Crippen LogP) is 2.75. The molecule has 178 valence electrons. The molecule has 0 unspecified atom stereocenters. The van der Waals surface area contributed by atoms with Crippen molar-refractivity contribution < 1.29 is 38.5 Å². The number of esters is 2. The Morgan fingerprint density at radius 2 is 1.82 bits per heavy atom. The topological polar surface area (TPSA) is 116 Å². The fourth-order valence-corrected chi connectivity index (χ4v) is 7.78. The first-order chi connectivity index (χ1) is 15.2. The van der Waals surface area contributed by atoms with Crippen LogP contribution in [-0.2, 0) is 33.4 Å². The van der Waals surface area contributed by atoms with Crippen molar-refractivity contribution in [3.05, 3.63) is 22.8 Å². The minimum absolute atomic E-state index is 0.0703. The Morgan fingerprint density at radius 1 is 1.15 bits per heavy atom. The molecule has 3 saturated heterocycles. The molecule has 3 heterocycles. The van der Waals surface area contributed by atoms with Crippen LogP contribution in [-0.4, -0.2) is 52.7 Å². The van der Waals surface area contributed by atoms with Crippen molar-refractivity contribution in [1.29, 1.82) is 0 Å². The van der Waals surface area contributed by atoms with Gasteiger partial charge in [0.1, 0.15) is 23.9 Å². The van der Waals surface area contributed by atoms with Crippen molar-refractivity contribution in [3.8, 4) is 0 Å². The molecule has 0 bridgehead atoms. The number of Topliss-reactive ketones (excluding diaryl/α,β-unsaturated/α-hetero) is 1. The van der Waals surface area contributed by atoms with Crippen molar-refractivity contribution >= 4 is 23.7 Å². The summed E-state index contributed by atoms with van der Waals surface area (Å²) in [6.07, 6.45) is 1.59. The Hall–Kier alpha value is -2.48. The van der Waals surface area contributed by atoms with Gasteiger partial charge in [-0.2, -0.15) is 0 Å². The highest BCUT2D eigenvalue weighted by atomic mass is 16.6. The summed E-state index contributed by atoms with van der Waals surface area (Å²) in [5.41, 5.74) is -4.32. The molecule has 0 aromatic carbocycles. The molecule has 6 atom stereocenters. The van der Waals surface area contributed by atoms with Gasteiger partial charge >= 0.3 is 17.9 Å². The third-order valence-corrected chi connectivity index (χ3v) is 9.43. The number of carbonyl (C=O) groups excluding carboxylic acids is 3. The number of carboxylic acids is 1. The second kappa shape index (κ2) is 6.14. The monoisotopic (exact) mass is 458 g/mol. The number of ether oxygens (including phenoxy) is 3. The van der Waals surface area contributed by atoms with Gasteiger partial charge in [-0.25, -0.2) is 0 Å². The highest BCUT2D eigenvalue weighted by molar-refractivity contribution is 6.12. The van der Waals surface area contributed by atoms with Gasteiger partial charge in [0.05, 0.1) is 11.8 Å². The van der Waals surface area contributed by atoms with Crippen LogP contribution >= 0.6 is 0 Å². The van der Waals surface area contributed by atoms with Gasteiger partial charge in [0.2, 0.25) is 0 Å². The summed E-state index contributed by atoms with van der Waals surface area (Å²) in [5, 5.41) is 10.5. The predicted molar refractivity (Wildman–Crippen MR) is 114 cm³/mol. The van der Waals surface area contributed by atoms with Crippen LogP contribution in [0.5, 0.6) is 0 Å². The van der Waals surface area contributed by atoms with Crippen molar-refractivity contribution in [3.63, 3.8) is 0 Å². The van der Waals surface area contributed by atoms with Gasteiger partial charge in [0.15, 0.2) is 11.2 Å². The largest absolute Gasteiger partial charge is 0.481 e. The molecule has 0 spiro atoms. The quantitative estimate of drug-likeness (QED) is 0.471. The van der Waals surface area contributed by atoms with E-state index in [0.29, 0.717) is 6.42 Å².